The van der Waals surface area contributed by atoms with Gasteiger partial charge in [0.05, 0.1) is 0 Å². The van der Waals surface area contributed by atoms with Gasteiger partial charge in [-0.25, -0.2) is 4.98 Å². The molecule has 146 valence electrons. The molecular formula is C23H22N4O2. The molecule has 2 heterocycles. The van der Waals surface area contributed by atoms with Crippen LogP contribution in [0.15, 0.2) is 54.7 Å². The van der Waals surface area contributed by atoms with Crippen LogP contribution in [-0.2, 0) is 17.8 Å². The lowest BCUT2D eigenvalue weighted by Gasteiger charge is -2.18. The van der Waals surface area contributed by atoms with Crippen LogP contribution in [0.5, 0.6) is 0 Å². The molecule has 1 aliphatic heterocycles. The first-order chi connectivity index (χ1) is 14.0. The SMILES string of the molecule is CC(=O)NCc1ccc(-c2cnc(N)c(-c3ccc4c(c3)CCNC4=O)c2)cc1. The van der Waals surface area contributed by atoms with Crippen molar-refractivity contribution < 1.29 is 9.59 Å². The number of pyridine rings is 1. The minimum Gasteiger partial charge on any atom is -0.383 e. The van der Waals surface area contributed by atoms with Gasteiger partial charge in [-0.1, -0.05) is 36.4 Å². The molecular weight excluding hydrogens is 364 g/mol. The molecule has 1 aliphatic rings. The van der Waals surface area contributed by atoms with E-state index in [4.69, 9.17) is 5.73 Å². The van der Waals surface area contributed by atoms with Gasteiger partial charge in [-0.15, -0.1) is 0 Å². The Hall–Kier alpha value is -3.67. The summed E-state index contributed by atoms with van der Waals surface area (Å²) in [7, 11) is 0. The zero-order valence-corrected chi connectivity index (χ0v) is 16.2. The van der Waals surface area contributed by atoms with E-state index in [-0.39, 0.29) is 11.8 Å². The maximum atomic E-state index is 12.0. The lowest BCUT2D eigenvalue weighted by Crippen LogP contribution is -2.31. The summed E-state index contributed by atoms with van der Waals surface area (Å²) >= 11 is 0. The van der Waals surface area contributed by atoms with E-state index in [2.05, 4.69) is 15.6 Å². The number of benzene rings is 2. The van der Waals surface area contributed by atoms with Gasteiger partial charge in [-0.2, -0.15) is 0 Å². The van der Waals surface area contributed by atoms with Crippen LogP contribution >= 0.6 is 0 Å². The fourth-order valence-corrected chi connectivity index (χ4v) is 3.50. The third kappa shape index (κ3) is 3.96. The van der Waals surface area contributed by atoms with Crippen molar-refractivity contribution in [3.8, 4) is 22.3 Å². The number of carbonyl (C=O) groups excluding carboxylic acids is 2. The minimum absolute atomic E-state index is 0.0306. The van der Waals surface area contributed by atoms with Crippen molar-refractivity contribution in [3.05, 3.63) is 71.4 Å². The Morgan fingerprint density at radius 3 is 2.59 bits per heavy atom. The number of fused-ring (bicyclic) bond motifs is 1. The van der Waals surface area contributed by atoms with Crippen LogP contribution < -0.4 is 16.4 Å². The number of hydrogen-bond donors (Lipinski definition) is 3. The van der Waals surface area contributed by atoms with E-state index in [0.717, 1.165) is 45.4 Å². The molecule has 4 rings (SSSR count). The molecule has 0 unspecified atom stereocenters. The lowest BCUT2D eigenvalue weighted by molar-refractivity contribution is -0.119. The van der Waals surface area contributed by atoms with Gasteiger partial charge in [0.1, 0.15) is 5.82 Å². The van der Waals surface area contributed by atoms with Gasteiger partial charge in [0.2, 0.25) is 5.91 Å². The quantitative estimate of drug-likeness (QED) is 0.642. The van der Waals surface area contributed by atoms with Gasteiger partial charge >= 0.3 is 0 Å². The molecule has 0 radical (unpaired) electrons. The van der Waals surface area contributed by atoms with E-state index < -0.39 is 0 Å². The molecule has 0 spiro atoms. The molecule has 2 amide bonds. The number of amides is 2. The molecule has 6 nitrogen and oxygen atoms in total. The zero-order chi connectivity index (χ0) is 20.4. The highest BCUT2D eigenvalue weighted by Crippen LogP contribution is 2.31. The first-order valence-electron chi connectivity index (χ1n) is 9.52. The monoisotopic (exact) mass is 386 g/mol. The molecule has 0 aliphatic carbocycles. The topological polar surface area (TPSA) is 97.1 Å². The Morgan fingerprint density at radius 1 is 1.07 bits per heavy atom. The second-order valence-corrected chi connectivity index (χ2v) is 7.14. The van der Waals surface area contributed by atoms with Crippen molar-refractivity contribution in [1.82, 2.24) is 15.6 Å². The largest absolute Gasteiger partial charge is 0.383 e. The molecule has 6 heteroatoms. The summed E-state index contributed by atoms with van der Waals surface area (Å²) in [6, 6.07) is 15.8. The smallest absolute Gasteiger partial charge is 0.251 e. The maximum Gasteiger partial charge on any atom is 0.251 e. The van der Waals surface area contributed by atoms with E-state index in [1.807, 2.05) is 48.5 Å². The van der Waals surface area contributed by atoms with Gasteiger partial charge in [0.25, 0.3) is 5.91 Å². The number of rotatable bonds is 4. The van der Waals surface area contributed by atoms with Crippen molar-refractivity contribution in [1.29, 1.82) is 0 Å². The van der Waals surface area contributed by atoms with E-state index in [1.165, 1.54) is 6.92 Å². The predicted octanol–water partition coefficient (Wildman–Crippen LogP) is 2.92. The summed E-state index contributed by atoms with van der Waals surface area (Å²) in [5.74, 6) is 0.372. The predicted molar refractivity (Wildman–Crippen MR) is 113 cm³/mol. The Morgan fingerprint density at radius 2 is 1.83 bits per heavy atom. The Kier molecular flexibility index (Phi) is 4.99. The first-order valence-corrected chi connectivity index (χ1v) is 9.52. The Balaban J connectivity index is 1.65. The first kappa shape index (κ1) is 18.7. The van der Waals surface area contributed by atoms with E-state index >= 15 is 0 Å². The summed E-state index contributed by atoms with van der Waals surface area (Å²) in [5, 5.41) is 5.65. The number of nitrogens with two attached hydrogens (primary N) is 1. The summed E-state index contributed by atoms with van der Waals surface area (Å²) < 4.78 is 0. The second-order valence-electron chi connectivity index (χ2n) is 7.14. The van der Waals surface area contributed by atoms with Gasteiger partial charge in [0, 0.05) is 42.9 Å². The van der Waals surface area contributed by atoms with E-state index in [1.54, 1.807) is 6.20 Å². The molecule has 4 N–H and O–H groups in total. The number of hydrogen-bond acceptors (Lipinski definition) is 4. The molecule has 0 bridgehead atoms. The van der Waals surface area contributed by atoms with Crippen LogP contribution in [0.3, 0.4) is 0 Å². The molecule has 3 aromatic rings. The van der Waals surface area contributed by atoms with E-state index in [9.17, 15) is 9.59 Å². The van der Waals surface area contributed by atoms with Crippen molar-refractivity contribution in [2.75, 3.05) is 12.3 Å². The third-order valence-corrected chi connectivity index (χ3v) is 5.09. The standard InChI is InChI=1S/C23H22N4O2/c1-14(28)26-12-15-2-4-16(5-3-15)19-11-21(22(24)27-13-19)17-6-7-20-18(10-17)8-9-25-23(20)29/h2-7,10-11,13H,8-9,12H2,1H3,(H2,24,27)(H,25,29)(H,26,28). The van der Waals surface area contributed by atoms with Crippen molar-refractivity contribution >= 4 is 17.6 Å². The summed E-state index contributed by atoms with van der Waals surface area (Å²) in [4.78, 5) is 27.4. The van der Waals surface area contributed by atoms with Gasteiger partial charge in [-0.3, -0.25) is 9.59 Å². The van der Waals surface area contributed by atoms with Gasteiger partial charge in [0.15, 0.2) is 0 Å². The highest BCUT2D eigenvalue weighted by molar-refractivity contribution is 5.97. The number of nitrogens with one attached hydrogen (secondary N) is 2. The molecule has 0 saturated carbocycles. The number of anilines is 1. The molecule has 0 atom stereocenters. The zero-order valence-electron chi connectivity index (χ0n) is 16.2. The highest BCUT2D eigenvalue weighted by atomic mass is 16.2. The normalized spacial score (nSPS) is 12.8. The van der Waals surface area contributed by atoms with Gasteiger partial charge < -0.3 is 16.4 Å². The van der Waals surface area contributed by atoms with Crippen LogP contribution in [0, 0.1) is 0 Å². The number of carbonyl (C=O) groups is 2. The second kappa shape index (κ2) is 7.75. The Bertz CT molecular complexity index is 1090. The summed E-state index contributed by atoms with van der Waals surface area (Å²) in [6.45, 7) is 2.65. The number of nitrogen functional groups attached to an aromatic ring is 1. The Labute approximate surface area is 169 Å². The molecule has 2 aromatic carbocycles. The summed E-state index contributed by atoms with van der Waals surface area (Å²) in [5.41, 5.74) is 12.7. The van der Waals surface area contributed by atoms with Crippen LogP contribution in [-0.4, -0.2) is 23.3 Å². The van der Waals surface area contributed by atoms with Gasteiger partial charge in [-0.05, 0) is 40.8 Å². The van der Waals surface area contributed by atoms with Crippen LogP contribution in [0.25, 0.3) is 22.3 Å². The van der Waals surface area contributed by atoms with Crippen molar-refractivity contribution in [3.63, 3.8) is 0 Å². The van der Waals surface area contributed by atoms with Crippen molar-refractivity contribution in [2.45, 2.75) is 19.9 Å². The maximum absolute atomic E-state index is 12.0. The molecule has 0 fully saturated rings. The number of aromatic nitrogens is 1. The molecule has 1 aromatic heterocycles. The fraction of sp³-hybridized carbons (Fsp3) is 0.174. The average Bonchev–Trinajstić information content (AvgIpc) is 2.73. The fourth-order valence-electron chi connectivity index (χ4n) is 3.50. The lowest BCUT2D eigenvalue weighted by atomic mass is 9.94. The van der Waals surface area contributed by atoms with Crippen LogP contribution in [0.2, 0.25) is 0 Å². The third-order valence-electron chi connectivity index (χ3n) is 5.09. The van der Waals surface area contributed by atoms with Crippen LogP contribution in [0.1, 0.15) is 28.4 Å². The van der Waals surface area contributed by atoms with Crippen molar-refractivity contribution in [2.24, 2.45) is 0 Å². The molecule has 0 saturated heterocycles. The number of nitrogens with zero attached hydrogens (tertiary/aromatic N) is 1. The average molecular weight is 386 g/mol. The molecule has 29 heavy (non-hydrogen) atoms. The van der Waals surface area contributed by atoms with E-state index in [0.29, 0.717) is 18.9 Å². The van der Waals surface area contributed by atoms with Crippen LogP contribution in [0.4, 0.5) is 5.82 Å². The minimum atomic E-state index is -0.0519. The highest BCUT2D eigenvalue weighted by Gasteiger charge is 2.17. The summed E-state index contributed by atoms with van der Waals surface area (Å²) in [6.07, 6.45) is 2.56.